The number of hydrogen-bond donors (Lipinski definition) is 1. The molecule has 4 nitrogen and oxygen atoms in total. The molecule has 0 amide bonds. The van der Waals surface area contributed by atoms with Gasteiger partial charge in [-0.1, -0.05) is 24.3 Å². The monoisotopic (exact) mass is 260 g/mol. The van der Waals surface area contributed by atoms with Gasteiger partial charge in [-0.15, -0.1) is 0 Å². The Balaban J connectivity index is 1.90. The smallest absolute Gasteiger partial charge is 0.121 e. The molecule has 1 aromatic carbocycles. The number of rotatable bonds is 6. The topological polar surface area (TPSA) is 54.3 Å². The van der Waals surface area contributed by atoms with Crippen molar-refractivity contribution in [1.29, 1.82) is 5.26 Å². The lowest BCUT2D eigenvalue weighted by Gasteiger charge is -2.15. The summed E-state index contributed by atoms with van der Waals surface area (Å²) < 4.78 is 10.6. The summed E-state index contributed by atoms with van der Waals surface area (Å²) in [5.74, 6) is 0. The van der Waals surface area contributed by atoms with Crippen LogP contribution >= 0.6 is 0 Å². The molecule has 0 saturated carbocycles. The average Bonchev–Trinajstić information content (AvgIpc) is 2.95. The van der Waals surface area contributed by atoms with Gasteiger partial charge in [-0.05, 0) is 24.0 Å². The molecule has 2 rings (SSSR count). The van der Waals surface area contributed by atoms with Gasteiger partial charge in [0.15, 0.2) is 0 Å². The molecular formula is C15H20N2O2. The normalized spacial score (nSPS) is 20.1. The van der Waals surface area contributed by atoms with Crippen molar-refractivity contribution in [3.8, 4) is 6.07 Å². The van der Waals surface area contributed by atoms with Gasteiger partial charge in [0.05, 0.1) is 18.8 Å². The van der Waals surface area contributed by atoms with Crippen molar-refractivity contribution >= 4 is 0 Å². The lowest BCUT2D eigenvalue weighted by molar-refractivity contribution is 0.109. The second-order valence-corrected chi connectivity index (χ2v) is 4.78. The molecule has 1 saturated heterocycles. The van der Waals surface area contributed by atoms with E-state index in [4.69, 9.17) is 9.47 Å². The Morgan fingerprint density at radius 2 is 2.26 bits per heavy atom. The van der Waals surface area contributed by atoms with Gasteiger partial charge >= 0.3 is 0 Å². The molecule has 0 bridgehead atoms. The summed E-state index contributed by atoms with van der Waals surface area (Å²) in [6.45, 7) is 2.17. The van der Waals surface area contributed by atoms with Crippen molar-refractivity contribution in [2.45, 2.75) is 31.6 Å². The van der Waals surface area contributed by atoms with E-state index in [0.717, 1.165) is 37.1 Å². The highest BCUT2D eigenvalue weighted by atomic mass is 16.5. The molecule has 2 atom stereocenters. The quantitative estimate of drug-likeness (QED) is 0.851. The number of ether oxygens (including phenoxy) is 2. The first kappa shape index (κ1) is 14.0. The lowest BCUT2D eigenvalue weighted by atomic mass is 10.1. The van der Waals surface area contributed by atoms with Crippen LogP contribution in [-0.4, -0.2) is 26.4 Å². The van der Waals surface area contributed by atoms with Crippen LogP contribution in [0.15, 0.2) is 24.3 Å². The van der Waals surface area contributed by atoms with Crippen LogP contribution in [0.3, 0.4) is 0 Å². The third-order valence-corrected chi connectivity index (χ3v) is 3.33. The number of nitrogens with zero attached hydrogens (tertiary/aromatic N) is 1. The maximum absolute atomic E-state index is 9.25. The van der Waals surface area contributed by atoms with Gasteiger partial charge in [0.2, 0.25) is 0 Å². The maximum Gasteiger partial charge on any atom is 0.121 e. The van der Waals surface area contributed by atoms with E-state index in [2.05, 4.69) is 11.4 Å². The van der Waals surface area contributed by atoms with E-state index >= 15 is 0 Å². The minimum absolute atomic E-state index is 0.253. The molecule has 1 aliphatic rings. The molecule has 0 radical (unpaired) electrons. The standard InChI is InChI=1S/C15H20N2O2/c1-18-11-12-4-6-13(7-5-12)15(9-16)17-10-14-3-2-8-19-14/h4-7,14-15,17H,2-3,8,10-11H2,1H3. The Morgan fingerprint density at radius 3 is 2.84 bits per heavy atom. The van der Waals surface area contributed by atoms with Crippen molar-refractivity contribution < 1.29 is 9.47 Å². The van der Waals surface area contributed by atoms with E-state index in [1.807, 2.05) is 24.3 Å². The molecule has 4 heteroatoms. The Kier molecular flexibility index (Phi) is 5.34. The molecular weight excluding hydrogens is 240 g/mol. The summed E-state index contributed by atoms with van der Waals surface area (Å²) in [4.78, 5) is 0. The minimum Gasteiger partial charge on any atom is -0.380 e. The first-order chi connectivity index (χ1) is 9.33. The fourth-order valence-corrected chi connectivity index (χ4v) is 2.27. The summed E-state index contributed by atoms with van der Waals surface area (Å²) in [7, 11) is 1.68. The molecule has 0 aromatic heterocycles. The second-order valence-electron chi connectivity index (χ2n) is 4.78. The summed E-state index contributed by atoms with van der Waals surface area (Å²) >= 11 is 0. The average molecular weight is 260 g/mol. The number of nitriles is 1. The van der Waals surface area contributed by atoms with Crippen LogP contribution in [0, 0.1) is 11.3 Å². The summed E-state index contributed by atoms with van der Waals surface area (Å²) in [5.41, 5.74) is 2.10. The van der Waals surface area contributed by atoms with Crippen LogP contribution in [-0.2, 0) is 16.1 Å². The molecule has 2 unspecified atom stereocenters. The number of hydrogen-bond acceptors (Lipinski definition) is 4. The first-order valence-corrected chi connectivity index (χ1v) is 6.66. The van der Waals surface area contributed by atoms with Crippen LogP contribution in [0.2, 0.25) is 0 Å². The molecule has 0 aliphatic carbocycles. The van der Waals surface area contributed by atoms with Crippen molar-refractivity contribution in [3.05, 3.63) is 35.4 Å². The second kappa shape index (κ2) is 7.25. The Hall–Kier alpha value is -1.41. The first-order valence-electron chi connectivity index (χ1n) is 6.66. The molecule has 102 valence electrons. The van der Waals surface area contributed by atoms with Crippen molar-refractivity contribution in [2.24, 2.45) is 0 Å². The van der Waals surface area contributed by atoms with E-state index in [1.54, 1.807) is 7.11 Å². The highest BCUT2D eigenvalue weighted by Gasteiger charge is 2.17. The molecule has 19 heavy (non-hydrogen) atoms. The summed E-state index contributed by atoms with van der Waals surface area (Å²) in [6, 6.07) is 9.97. The van der Waals surface area contributed by atoms with E-state index in [9.17, 15) is 5.26 Å². The van der Waals surface area contributed by atoms with E-state index in [-0.39, 0.29) is 12.1 Å². The molecule has 1 N–H and O–H groups in total. The van der Waals surface area contributed by atoms with Crippen LogP contribution in [0.1, 0.15) is 30.0 Å². The van der Waals surface area contributed by atoms with Gasteiger partial charge in [-0.2, -0.15) is 5.26 Å². The van der Waals surface area contributed by atoms with Crippen molar-refractivity contribution in [1.82, 2.24) is 5.32 Å². The predicted molar refractivity (Wildman–Crippen MR) is 72.5 cm³/mol. The Labute approximate surface area is 114 Å². The van der Waals surface area contributed by atoms with Gasteiger partial charge in [0.25, 0.3) is 0 Å². The molecule has 1 fully saturated rings. The number of methoxy groups -OCH3 is 1. The zero-order chi connectivity index (χ0) is 13.5. The molecule has 1 heterocycles. The molecule has 1 aliphatic heterocycles. The van der Waals surface area contributed by atoms with Gasteiger partial charge in [-0.25, -0.2) is 0 Å². The van der Waals surface area contributed by atoms with Crippen LogP contribution in [0.5, 0.6) is 0 Å². The van der Waals surface area contributed by atoms with Gasteiger partial charge in [0.1, 0.15) is 6.04 Å². The molecule has 1 aromatic rings. The van der Waals surface area contributed by atoms with Crippen LogP contribution < -0.4 is 5.32 Å². The summed E-state index contributed by atoms with van der Waals surface area (Å²) in [6.07, 6.45) is 2.45. The van der Waals surface area contributed by atoms with E-state index in [1.165, 1.54) is 0 Å². The van der Waals surface area contributed by atoms with E-state index < -0.39 is 0 Å². The van der Waals surface area contributed by atoms with Crippen LogP contribution in [0.25, 0.3) is 0 Å². The number of benzene rings is 1. The van der Waals surface area contributed by atoms with Gasteiger partial charge in [-0.3, -0.25) is 5.32 Å². The largest absolute Gasteiger partial charge is 0.380 e. The highest BCUT2D eigenvalue weighted by Crippen LogP contribution is 2.16. The van der Waals surface area contributed by atoms with Gasteiger partial charge in [0, 0.05) is 20.3 Å². The summed E-state index contributed by atoms with van der Waals surface area (Å²) in [5, 5.41) is 12.5. The third kappa shape index (κ3) is 4.03. The Bertz CT molecular complexity index is 419. The zero-order valence-electron chi connectivity index (χ0n) is 11.3. The number of nitrogens with one attached hydrogen (secondary N) is 1. The van der Waals surface area contributed by atoms with Crippen LogP contribution in [0.4, 0.5) is 0 Å². The van der Waals surface area contributed by atoms with Crippen molar-refractivity contribution in [3.63, 3.8) is 0 Å². The maximum atomic E-state index is 9.25. The fourth-order valence-electron chi connectivity index (χ4n) is 2.27. The highest BCUT2D eigenvalue weighted by molar-refractivity contribution is 5.28. The third-order valence-electron chi connectivity index (χ3n) is 3.33. The fraction of sp³-hybridized carbons (Fsp3) is 0.533. The lowest BCUT2D eigenvalue weighted by Crippen LogP contribution is -2.29. The SMILES string of the molecule is COCc1ccc(C(C#N)NCC2CCCO2)cc1. The molecule has 0 spiro atoms. The zero-order valence-corrected chi connectivity index (χ0v) is 11.3. The van der Waals surface area contributed by atoms with E-state index in [0.29, 0.717) is 6.61 Å². The van der Waals surface area contributed by atoms with Gasteiger partial charge < -0.3 is 9.47 Å². The predicted octanol–water partition coefficient (Wildman–Crippen LogP) is 2.17. The minimum atomic E-state index is -0.277. The van der Waals surface area contributed by atoms with Crippen molar-refractivity contribution in [2.75, 3.05) is 20.3 Å². The Morgan fingerprint density at radius 1 is 1.47 bits per heavy atom.